The van der Waals surface area contributed by atoms with Gasteiger partial charge < -0.3 is 9.26 Å². The summed E-state index contributed by atoms with van der Waals surface area (Å²) in [6.45, 7) is 7.33. The molecule has 1 aromatic carbocycles. The topological polar surface area (TPSA) is 64.3 Å². The number of piperidine rings is 1. The standard InChI is InChI=1S/C22H26N4O2/c1-15-16(2)20(27-3)8-7-18(15)14-26-12-9-17(10-13-26)21-24-22(28-25-21)19-6-4-5-11-23-19/h4-8,11,17H,9-10,12-14H2,1-3H3. The smallest absolute Gasteiger partial charge is 0.276 e. The van der Waals surface area contributed by atoms with E-state index in [1.54, 1.807) is 13.3 Å². The summed E-state index contributed by atoms with van der Waals surface area (Å²) >= 11 is 0. The van der Waals surface area contributed by atoms with E-state index in [2.05, 4.69) is 46.0 Å². The van der Waals surface area contributed by atoms with Gasteiger partial charge in [0.05, 0.1) is 7.11 Å². The third kappa shape index (κ3) is 3.78. The van der Waals surface area contributed by atoms with Crippen LogP contribution in [0.5, 0.6) is 5.75 Å². The zero-order valence-electron chi connectivity index (χ0n) is 16.7. The molecule has 0 saturated carbocycles. The van der Waals surface area contributed by atoms with E-state index in [-0.39, 0.29) is 0 Å². The quantitative estimate of drug-likeness (QED) is 0.665. The van der Waals surface area contributed by atoms with Gasteiger partial charge in [-0.15, -0.1) is 0 Å². The van der Waals surface area contributed by atoms with Gasteiger partial charge in [0.2, 0.25) is 0 Å². The fourth-order valence-corrected chi connectivity index (χ4v) is 3.83. The normalized spacial score (nSPS) is 15.7. The van der Waals surface area contributed by atoms with Crippen LogP contribution in [0.4, 0.5) is 0 Å². The largest absolute Gasteiger partial charge is 0.496 e. The van der Waals surface area contributed by atoms with Crippen LogP contribution in [0.2, 0.25) is 0 Å². The van der Waals surface area contributed by atoms with Crippen molar-refractivity contribution in [2.75, 3.05) is 20.2 Å². The molecule has 0 bridgehead atoms. The van der Waals surface area contributed by atoms with Crippen LogP contribution in [0.3, 0.4) is 0 Å². The van der Waals surface area contributed by atoms with Crippen molar-refractivity contribution in [2.45, 2.75) is 39.2 Å². The Bertz CT molecular complexity index is 931. The summed E-state index contributed by atoms with van der Waals surface area (Å²) < 4.78 is 10.9. The van der Waals surface area contributed by atoms with Crippen LogP contribution in [0, 0.1) is 13.8 Å². The molecule has 1 saturated heterocycles. The lowest BCUT2D eigenvalue weighted by Crippen LogP contribution is -2.33. The molecule has 0 atom stereocenters. The highest BCUT2D eigenvalue weighted by molar-refractivity contribution is 5.45. The Morgan fingerprint density at radius 2 is 1.93 bits per heavy atom. The number of hydrogen-bond acceptors (Lipinski definition) is 6. The predicted molar refractivity (Wildman–Crippen MR) is 107 cm³/mol. The first-order valence-electron chi connectivity index (χ1n) is 9.76. The Labute approximate surface area is 165 Å². The SMILES string of the molecule is COc1ccc(CN2CCC(c3noc(-c4ccccn4)n3)CC2)c(C)c1C. The van der Waals surface area contributed by atoms with Crippen LogP contribution in [0.1, 0.15) is 41.3 Å². The van der Waals surface area contributed by atoms with Crippen LogP contribution in [-0.2, 0) is 6.54 Å². The second kappa shape index (κ2) is 8.10. The van der Waals surface area contributed by atoms with Crippen LogP contribution >= 0.6 is 0 Å². The molecule has 2 aromatic heterocycles. The summed E-state index contributed by atoms with van der Waals surface area (Å²) in [6, 6.07) is 9.95. The molecule has 0 spiro atoms. The molecule has 3 heterocycles. The zero-order chi connectivity index (χ0) is 19.5. The lowest BCUT2D eigenvalue weighted by atomic mass is 9.95. The van der Waals surface area contributed by atoms with Crippen molar-refractivity contribution in [1.29, 1.82) is 0 Å². The van der Waals surface area contributed by atoms with E-state index in [9.17, 15) is 0 Å². The summed E-state index contributed by atoms with van der Waals surface area (Å²) in [5.74, 6) is 2.61. The minimum Gasteiger partial charge on any atom is -0.496 e. The number of methoxy groups -OCH3 is 1. The monoisotopic (exact) mass is 378 g/mol. The van der Waals surface area contributed by atoms with E-state index < -0.39 is 0 Å². The molecule has 0 unspecified atom stereocenters. The number of aromatic nitrogens is 3. The Kier molecular flexibility index (Phi) is 5.39. The van der Waals surface area contributed by atoms with Crippen molar-refractivity contribution in [1.82, 2.24) is 20.0 Å². The molecule has 0 aliphatic carbocycles. The average molecular weight is 378 g/mol. The number of benzene rings is 1. The van der Waals surface area contributed by atoms with Crippen molar-refractivity contribution in [3.05, 3.63) is 59.0 Å². The lowest BCUT2D eigenvalue weighted by Gasteiger charge is -2.31. The Hall–Kier alpha value is -2.73. The summed E-state index contributed by atoms with van der Waals surface area (Å²) in [4.78, 5) is 11.4. The maximum atomic E-state index is 5.43. The molecule has 28 heavy (non-hydrogen) atoms. The van der Waals surface area contributed by atoms with E-state index in [1.165, 1.54) is 16.7 Å². The van der Waals surface area contributed by atoms with Gasteiger partial charge in [-0.25, -0.2) is 0 Å². The van der Waals surface area contributed by atoms with E-state index in [0.717, 1.165) is 49.7 Å². The van der Waals surface area contributed by atoms with Crippen molar-refractivity contribution in [2.24, 2.45) is 0 Å². The van der Waals surface area contributed by atoms with Gasteiger partial charge in [0.1, 0.15) is 11.4 Å². The van der Waals surface area contributed by atoms with Gasteiger partial charge in [-0.05, 0) is 74.7 Å². The molecule has 3 aromatic rings. The molecule has 1 aliphatic rings. The Morgan fingerprint density at radius 1 is 1.11 bits per heavy atom. The van der Waals surface area contributed by atoms with Gasteiger partial charge in [-0.2, -0.15) is 4.98 Å². The number of ether oxygens (including phenoxy) is 1. The molecule has 0 amide bonds. The van der Waals surface area contributed by atoms with Crippen LogP contribution in [0.25, 0.3) is 11.6 Å². The number of pyridine rings is 1. The second-order valence-electron chi connectivity index (χ2n) is 7.40. The summed E-state index contributed by atoms with van der Waals surface area (Å²) in [7, 11) is 1.73. The molecule has 0 N–H and O–H groups in total. The molecule has 6 nitrogen and oxygen atoms in total. The van der Waals surface area contributed by atoms with Gasteiger partial charge >= 0.3 is 0 Å². The van der Waals surface area contributed by atoms with Crippen molar-refractivity contribution >= 4 is 0 Å². The first-order chi connectivity index (χ1) is 13.7. The number of nitrogens with zero attached hydrogens (tertiary/aromatic N) is 4. The summed E-state index contributed by atoms with van der Waals surface area (Å²) in [5.41, 5.74) is 4.64. The van der Waals surface area contributed by atoms with E-state index in [4.69, 9.17) is 9.26 Å². The highest BCUT2D eigenvalue weighted by Crippen LogP contribution is 2.30. The van der Waals surface area contributed by atoms with Gasteiger partial charge in [-0.3, -0.25) is 9.88 Å². The zero-order valence-corrected chi connectivity index (χ0v) is 16.7. The fourth-order valence-electron chi connectivity index (χ4n) is 3.83. The van der Waals surface area contributed by atoms with Crippen molar-refractivity contribution in [3.8, 4) is 17.3 Å². The highest BCUT2D eigenvalue weighted by atomic mass is 16.5. The molecule has 1 fully saturated rings. The third-order valence-electron chi connectivity index (χ3n) is 5.74. The molecule has 1 aliphatic heterocycles. The summed E-state index contributed by atoms with van der Waals surface area (Å²) in [5, 5.41) is 4.21. The molecule has 0 radical (unpaired) electrons. The Balaban J connectivity index is 1.38. The second-order valence-corrected chi connectivity index (χ2v) is 7.40. The number of hydrogen-bond donors (Lipinski definition) is 0. The highest BCUT2D eigenvalue weighted by Gasteiger charge is 2.25. The molecule has 4 rings (SSSR count). The maximum Gasteiger partial charge on any atom is 0.276 e. The fraction of sp³-hybridized carbons (Fsp3) is 0.409. The number of rotatable bonds is 5. The van der Waals surface area contributed by atoms with E-state index in [0.29, 0.717) is 11.8 Å². The van der Waals surface area contributed by atoms with Gasteiger partial charge in [-0.1, -0.05) is 17.3 Å². The van der Waals surface area contributed by atoms with Gasteiger partial charge in [0.25, 0.3) is 5.89 Å². The van der Waals surface area contributed by atoms with E-state index in [1.807, 2.05) is 18.2 Å². The molecule has 146 valence electrons. The van der Waals surface area contributed by atoms with Crippen LogP contribution in [-0.4, -0.2) is 40.2 Å². The molecular formula is C22H26N4O2. The molecular weight excluding hydrogens is 352 g/mol. The predicted octanol–water partition coefficient (Wildman–Crippen LogP) is 4.14. The van der Waals surface area contributed by atoms with Crippen LogP contribution in [0.15, 0.2) is 41.1 Å². The Morgan fingerprint density at radius 3 is 2.64 bits per heavy atom. The average Bonchev–Trinajstić information content (AvgIpc) is 3.23. The molecule has 6 heteroatoms. The minimum absolute atomic E-state index is 0.344. The van der Waals surface area contributed by atoms with Gasteiger partial charge in [0.15, 0.2) is 5.82 Å². The van der Waals surface area contributed by atoms with Crippen molar-refractivity contribution < 1.29 is 9.26 Å². The third-order valence-corrected chi connectivity index (χ3v) is 5.74. The summed E-state index contributed by atoms with van der Waals surface area (Å²) in [6.07, 6.45) is 3.81. The van der Waals surface area contributed by atoms with Crippen molar-refractivity contribution in [3.63, 3.8) is 0 Å². The minimum atomic E-state index is 0.344. The number of likely N-dealkylation sites (tertiary alicyclic amines) is 1. The van der Waals surface area contributed by atoms with Gasteiger partial charge in [0, 0.05) is 18.7 Å². The first-order valence-corrected chi connectivity index (χ1v) is 9.76. The lowest BCUT2D eigenvalue weighted by molar-refractivity contribution is 0.200. The van der Waals surface area contributed by atoms with Crippen LogP contribution < -0.4 is 4.74 Å². The van der Waals surface area contributed by atoms with E-state index >= 15 is 0 Å². The maximum absolute atomic E-state index is 5.43. The first kappa shape index (κ1) is 18.6.